The van der Waals surface area contributed by atoms with E-state index in [1.807, 2.05) is 12.1 Å². The second kappa shape index (κ2) is 8.11. The van der Waals surface area contributed by atoms with Gasteiger partial charge in [0.15, 0.2) is 22.3 Å². The number of carbonyl (C=O) groups excluding carboxylic acids is 1. The van der Waals surface area contributed by atoms with Gasteiger partial charge in [0.25, 0.3) is 5.91 Å². The third-order valence-electron chi connectivity index (χ3n) is 4.64. The molecule has 4 aromatic rings. The Hall–Kier alpha value is -3.85. The minimum absolute atomic E-state index is 0.169. The number of halogens is 1. The van der Waals surface area contributed by atoms with E-state index in [4.69, 9.17) is 9.47 Å². The van der Waals surface area contributed by atoms with Gasteiger partial charge in [-0.05, 0) is 48.0 Å². The fourth-order valence-corrected chi connectivity index (χ4v) is 3.88. The zero-order valence-electron chi connectivity index (χ0n) is 16.1. The number of amides is 1. The molecule has 0 unspecified atom stereocenters. The summed E-state index contributed by atoms with van der Waals surface area (Å²) in [5.74, 6) is 1.05. The van der Waals surface area contributed by atoms with Gasteiger partial charge in [0.1, 0.15) is 11.5 Å². The predicted octanol–water partition coefficient (Wildman–Crippen LogP) is 4.31. The Kier molecular flexibility index (Phi) is 5.01. The van der Waals surface area contributed by atoms with Crippen LogP contribution in [0.5, 0.6) is 11.5 Å². The van der Waals surface area contributed by atoms with Gasteiger partial charge >= 0.3 is 0 Å². The van der Waals surface area contributed by atoms with E-state index < -0.39 is 0 Å². The van der Waals surface area contributed by atoms with Crippen LogP contribution in [0, 0.1) is 5.82 Å². The van der Waals surface area contributed by atoms with Crippen LogP contribution in [0.3, 0.4) is 0 Å². The first-order chi connectivity index (χ1) is 15.2. The molecule has 3 heterocycles. The number of nitrogens with zero attached hydrogens (tertiary/aromatic N) is 4. The summed E-state index contributed by atoms with van der Waals surface area (Å²) >= 11 is 1.29. The van der Waals surface area contributed by atoms with Crippen LogP contribution in [0.2, 0.25) is 0 Å². The van der Waals surface area contributed by atoms with Crippen molar-refractivity contribution in [2.45, 2.75) is 6.54 Å². The third-order valence-corrected chi connectivity index (χ3v) is 5.48. The minimum Gasteiger partial charge on any atom is -0.454 e. The van der Waals surface area contributed by atoms with Gasteiger partial charge in [0, 0.05) is 23.5 Å². The van der Waals surface area contributed by atoms with Crippen LogP contribution in [0.25, 0.3) is 10.8 Å². The van der Waals surface area contributed by atoms with Crippen molar-refractivity contribution in [3.63, 3.8) is 0 Å². The maximum absolute atomic E-state index is 13.5. The highest BCUT2D eigenvalue weighted by Crippen LogP contribution is 2.33. The Labute approximate surface area is 180 Å². The first kappa shape index (κ1) is 19.1. The summed E-state index contributed by atoms with van der Waals surface area (Å²) in [7, 11) is 0. The monoisotopic (exact) mass is 434 g/mol. The Morgan fingerprint density at radius 3 is 2.65 bits per heavy atom. The summed E-state index contributed by atoms with van der Waals surface area (Å²) < 4.78 is 24.3. The lowest BCUT2D eigenvalue weighted by Gasteiger charge is -2.22. The van der Waals surface area contributed by atoms with Crippen LogP contribution >= 0.6 is 11.3 Å². The van der Waals surface area contributed by atoms with Crippen LogP contribution in [0.1, 0.15) is 16.1 Å². The number of hydrogen-bond donors (Lipinski definition) is 0. The molecule has 0 radical (unpaired) electrons. The molecule has 0 N–H and O–H groups in total. The Morgan fingerprint density at radius 1 is 1.06 bits per heavy atom. The molecule has 31 heavy (non-hydrogen) atoms. The van der Waals surface area contributed by atoms with E-state index in [0.717, 1.165) is 5.56 Å². The molecule has 0 spiro atoms. The molecule has 7 nitrogen and oxygen atoms in total. The maximum Gasteiger partial charge on any atom is 0.278 e. The zero-order valence-corrected chi connectivity index (χ0v) is 16.9. The van der Waals surface area contributed by atoms with Gasteiger partial charge in [-0.2, -0.15) is 0 Å². The summed E-state index contributed by atoms with van der Waals surface area (Å²) in [6, 6.07) is 13.0. The highest BCUT2D eigenvalue weighted by atomic mass is 32.1. The van der Waals surface area contributed by atoms with E-state index in [1.54, 1.807) is 46.9 Å². The topological polar surface area (TPSA) is 77.4 Å². The standard InChI is InChI=1S/C22H15FN4O3S/c23-15-3-5-16(6-4-15)27(11-14-2-7-18-19(10-14)30-13-29-18)22(28)17-12-31-21(26-17)20-24-8-1-9-25-20/h1-10,12H,11,13H2. The molecule has 0 bridgehead atoms. The van der Waals surface area contributed by atoms with Crippen molar-refractivity contribution in [3.8, 4) is 22.3 Å². The van der Waals surface area contributed by atoms with E-state index in [0.29, 0.717) is 28.0 Å². The largest absolute Gasteiger partial charge is 0.454 e. The molecule has 0 atom stereocenters. The Balaban J connectivity index is 1.47. The van der Waals surface area contributed by atoms with Crippen molar-refractivity contribution in [2.24, 2.45) is 0 Å². The Bertz CT molecular complexity index is 1230. The number of benzene rings is 2. The van der Waals surface area contributed by atoms with Gasteiger partial charge in [0.2, 0.25) is 6.79 Å². The summed E-state index contributed by atoms with van der Waals surface area (Å²) in [5, 5.41) is 2.22. The van der Waals surface area contributed by atoms with Gasteiger partial charge in [-0.3, -0.25) is 4.79 Å². The molecule has 1 aliphatic rings. The fourth-order valence-electron chi connectivity index (χ4n) is 3.15. The maximum atomic E-state index is 13.5. The number of anilines is 1. The normalized spacial score (nSPS) is 12.0. The van der Waals surface area contributed by atoms with Crippen LogP contribution < -0.4 is 14.4 Å². The molecule has 9 heteroatoms. The van der Waals surface area contributed by atoms with Gasteiger partial charge in [0.05, 0.1) is 6.54 Å². The van der Waals surface area contributed by atoms with E-state index in [1.165, 1.54) is 23.5 Å². The second-order valence-electron chi connectivity index (χ2n) is 6.67. The smallest absolute Gasteiger partial charge is 0.278 e. The van der Waals surface area contributed by atoms with Crippen molar-refractivity contribution in [1.29, 1.82) is 0 Å². The predicted molar refractivity (Wildman–Crippen MR) is 113 cm³/mol. The molecule has 1 aliphatic heterocycles. The molecule has 0 aliphatic carbocycles. The number of ether oxygens (including phenoxy) is 2. The van der Waals surface area contributed by atoms with E-state index in [-0.39, 0.29) is 30.8 Å². The van der Waals surface area contributed by atoms with Gasteiger partial charge in [-0.1, -0.05) is 6.07 Å². The lowest BCUT2D eigenvalue weighted by molar-refractivity contribution is 0.0981. The molecule has 1 amide bonds. The molecule has 0 saturated carbocycles. The van der Waals surface area contributed by atoms with Crippen molar-refractivity contribution < 1.29 is 18.7 Å². The first-order valence-corrected chi connectivity index (χ1v) is 10.2. The number of fused-ring (bicyclic) bond motifs is 1. The second-order valence-corrected chi connectivity index (χ2v) is 7.52. The fraction of sp³-hybridized carbons (Fsp3) is 0.0909. The molecule has 0 saturated heterocycles. The van der Waals surface area contributed by atoms with Crippen molar-refractivity contribution in [1.82, 2.24) is 15.0 Å². The van der Waals surface area contributed by atoms with Crippen LogP contribution in [0.4, 0.5) is 10.1 Å². The number of rotatable bonds is 5. The zero-order chi connectivity index (χ0) is 21.2. The molecule has 2 aromatic heterocycles. The molecule has 0 fully saturated rings. The van der Waals surface area contributed by atoms with Crippen molar-refractivity contribution in [2.75, 3.05) is 11.7 Å². The molecular weight excluding hydrogens is 419 g/mol. The number of hydrogen-bond acceptors (Lipinski definition) is 7. The third kappa shape index (κ3) is 3.95. The van der Waals surface area contributed by atoms with E-state index in [9.17, 15) is 9.18 Å². The average Bonchev–Trinajstić information content (AvgIpc) is 3.48. The Morgan fingerprint density at radius 2 is 1.84 bits per heavy atom. The van der Waals surface area contributed by atoms with Gasteiger partial charge in [-0.15, -0.1) is 11.3 Å². The van der Waals surface area contributed by atoms with Gasteiger partial charge < -0.3 is 14.4 Å². The molecule has 2 aromatic carbocycles. The SMILES string of the molecule is O=C(c1csc(-c2ncccn2)n1)N(Cc1ccc2c(c1)OCO2)c1ccc(F)cc1. The first-order valence-electron chi connectivity index (χ1n) is 9.36. The summed E-state index contributed by atoms with van der Waals surface area (Å²) in [5.41, 5.74) is 1.65. The highest BCUT2D eigenvalue weighted by molar-refractivity contribution is 7.13. The van der Waals surface area contributed by atoms with Crippen molar-refractivity contribution in [3.05, 3.63) is 83.4 Å². The molecule has 154 valence electrons. The lowest BCUT2D eigenvalue weighted by Crippen LogP contribution is -2.30. The van der Waals surface area contributed by atoms with Crippen LogP contribution in [0.15, 0.2) is 66.3 Å². The van der Waals surface area contributed by atoms with Crippen LogP contribution in [-0.2, 0) is 6.54 Å². The minimum atomic E-state index is -0.378. The van der Waals surface area contributed by atoms with E-state index in [2.05, 4.69) is 15.0 Å². The molecule has 5 rings (SSSR count). The quantitative estimate of drug-likeness (QED) is 0.466. The van der Waals surface area contributed by atoms with Gasteiger partial charge in [-0.25, -0.2) is 19.3 Å². The van der Waals surface area contributed by atoms with Crippen LogP contribution in [-0.4, -0.2) is 27.7 Å². The summed E-state index contributed by atoms with van der Waals surface area (Å²) in [4.78, 5) is 27.7. The highest BCUT2D eigenvalue weighted by Gasteiger charge is 2.23. The molecular formula is C22H15FN4O3S. The average molecular weight is 434 g/mol. The number of carbonyl (C=O) groups is 1. The van der Waals surface area contributed by atoms with Crippen molar-refractivity contribution >= 4 is 22.9 Å². The summed E-state index contributed by atoms with van der Waals surface area (Å²) in [6.07, 6.45) is 3.24. The van der Waals surface area contributed by atoms with E-state index >= 15 is 0 Å². The summed E-state index contributed by atoms with van der Waals surface area (Å²) in [6.45, 7) is 0.415. The number of thiazole rings is 1. The lowest BCUT2D eigenvalue weighted by atomic mass is 10.1. The number of aromatic nitrogens is 3.